The van der Waals surface area contributed by atoms with Crippen molar-refractivity contribution in [1.82, 2.24) is 0 Å². The molecular formula is C17H32PZr. The van der Waals surface area contributed by atoms with E-state index in [2.05, 4.69) is 32.1 Å². The Morgan fingerprint density at radius 2 is 1.63 bits per heavy atom. The predicted molar refractivity (Wildman–Crippen MR) is 90.3 cm³/mol. The van der Waals surface area contributed by atoms with Crippen LogP contribution in [0.2, 0.25) is 0 Å². The van der Waals surface area contributed by atoms with Crippen LogP contribution in [0.4, 0.5) is 0 Å². The van der Waals surface area contributed by atoms with E-state index in [0.717, 1.165) is 20.7 Å². The van der Waals surface area contributed by atoms with E-state index in [-0.39, 0.29) is 48.5 Å². The topological polar surface area (TPSA) is 0 Å². The molecule has 0 bridgehead atoms. The molecule has 0 aromatic heterocycles. The van der Waals surface area contributed by atoms with Gasteiger partial charge in [-0.15, -0.1) is 8.58 Å². The summed E-state index contributed by atoms with van der Waals surface area (Å²) in [4.78, 5) is 0. The second-order valence-electron chi connectivity index (χ2n) is 5.40. The molecule has 0 heterocycles. The molecule has 2 aliphatic rings. The molecule has 1 atom stereocenters. The van der Waals surface area contributed by atoms with Crippen LogP contribution in [0.1, 0.15) is 52.4 Å². The maximum absolute atomic E-state index is 2.43. The summed E-state index contributed by atoms with van der Waals surface area (Å²) >= 11 is 0. The van der Waals surface area contributed by atoms with Crippen molar-refractivity contribution >= 4 is 8.58 Å². The van der Waals surface area contributed by atoms with Crippen molar-refractivity contribution in [1.29, 1.82) is 0 Å². The molecule has 2 heteroatoms. The maximum Gasteiger partial charge on any atom is 3.00 e. The Morgan fingerprint density at radius 3 is 2.11 bits per heavy atom. The van der Waals surface area contributed by atoms with Gasteiger partial charge in [-0.1, -0.05) is 51.3 Å². The fourth-order valence-electron chi connectivity index (χ4n) is 2.76. The summed E-state index contributed by atoms with van der Waals surface area (Å²) in [6.07, 6.45) is 15.6. The average Bonchev–Trinajstić information content (AvgIpc) is 2.71. The van der Waals surface area contributed by atoms with Crippen LogP contribution in [-0.4, -0.2) is 10.8 Å². The summed E-state index contributed by atoms with van der Waals surface area (Å²) in [7, 11) is 1.12. The van der Waals surface area contributed by atoms with Crippen LogP contribution < -0.4 is 0 Å². The molecule has 2 aliphatic carbocycles. The van der Waals surface area contributed by atoms with Crippen molar-refractivity contribution < 1.29 is 26.2 Å². The Hall–Kier alpha value is 0.793. The molecule has 19 heavy (non-hydrogen) atoms. The Bertz CT molecular complexity index is 273. The van der Waals surface area contributed by atoms with Gasteiger partial charge in [-0.2, -0.15) is 0 Å². The number of allylic oxidation sites excluding steroid dienone is 4. The van der Waals surface area contributed by atoms with Gasteiger partial charge in [-0.25, -0.2) is 0 Å². The van der Waals surface area contributed by atoms with Gasteiger partial charge in [0.2, 0.25) is 0 Å². The molecule has 0 aromatic rings. The van der Waals surface area contributed by atoms with Crippen LogP contribution in [-0.2, 0) is 26.2 Å². The van der Waals surface area contributed by atoms with Crippen LogP contribution in [0.25, 0.3) is 0 Å². The average molecular weight is 359 g/mol. The third kappa shape index (κ3) is 7.38. The Labute approximate surface area is 143 Å². The van der Waals surface area contributed by atoms with Crippen LogP contribution >= 0.6 is 8.58 Å². The largest absolute Gasteiger partial charge is 3.00 e. The van der Waals surface area contributed by atoms with Crippen molar-refractivity contribution in [2.75, 3.05) is 0 Å². The fourth-order valence-corrected chi connectivity index (χ4v) is 4.83. The van der Waals surface area contributed by atoms with Gasteiger partial charge in [0.25, 0.3) is 0 Å². The van der Waals surface area contributed by atoms with Crippen LogP contribution in [0.15, 0.2) is 23.8 Å². The zero-order valence-electron chi connectivity index (χ0n) is 13.6. The van der Waals surface area contributed by atoms with Gasteiger partial charge in [0, 0.05) is 5.16 Å². The molecule has 1 saturated carbocycles. The van der Waals surface area contributed by atoms with Crippen molar-refractivity contribution in [2.45, 2.75) is 63.2 Å². The summed E-state index contributed by atoms with van der Waals surface area (Å²) in [6.45, 7) is 4.86. The molecule has 109 valence electrons. The van der Waals surface area contributed by atoms with Crippen LogP contribution in [0.5, 0.6) is 0 Å². The van der Waals surface area contributed by atoms with Gasteiger partial charge in [-0.05, 0) is 30.5 Å². The smallest absolute Gasteiger partial charge is 0.358 e. The molecule has 0 spiro atoms. The molecule has 0 saturated heterocycles. The zero-order valence-corrected chi connectivity index (χ0v) is 17.0. The minimum Gasteiger partial charge on any atom is -0.358 e. The first-order chi connectivity index (χ1) is 7.18. The number of hydrogen-bond donors (Lipinski definition) is 0. The monoisotopic (exact) mass is 357 g/mol. The predicted octanol–water partition coefficient (Wildman–Crippen LogP) is 6.01. The number of hydrogen-bond acceptors (Lipinski definition) is 0. The molecular weight excluding hydrogens is 326 g/mol. The Kier molecular flexibility index (Phi) is 14.9. The first-order valence-corrected chi connectivity index (χ1v) is 7.41. The van der Waals surface area contributed by atoms with Crippen molar-refractivity contribution in [3.8, 4) is 0 Å². The van der Waals surface area contributed by atoms with E-state index in [4.69, 9.17) is 0 Å². The van der Waals surface area contributed by atoms with E-state index < -0.39 is 0 Å². The van der Waals surface area contributed by atoms with E-state index in [9.17, 15) is 0 Å². The third-order valence-electron chi connectivity index (χ3n) is 3.66. The molecule has 2 rings (SSSR count). The van der Waals surface area contributed by atoms with Crippen LogP contribution in [0.3, 0.4) is 0 Å². The minimum atomic E-state index is 0. The second-order valence-corrected chi connectivity index (χ2v) is 7.76. The standard InChI is InChI=1S/C14H23P.3CH3.Zr/c1-14(2,12-8-6-7-9-12)15-13-10-4-3-5-11-13;;;;/h6,8-9,13,15H,3-5,7,10-11H2,1-2H3;3*1H3;/q;3*-1;+3. The van der Waals surface area contributed by atoms with E-state index >= 15 is 0 Å². The van der Waals surface area contributed by atoms with Gasteiger partial charge in [-0.3, -0.25) is 0 Å². The molecule has 0 amide bonds. The van der Waals surface area contributed by atoms with Gasteiger partial charge < -0.3 is 22.3 Å². The summed E-state index contributed by atoms with van der Waals surface area (Å²) in [5, 5.41) is 0.439. The van der Waals surface area contributed by atoms with E-state index in [1.165, 1.54) is 32.1 Å². The Morgan fingerprint density at radius 1 is 1.05 bits per heavy atom. The first kappa shape index (κ1) is 24.8. The van der Waals surface area contributed by atoms with E-state index in [0.29, 0.717) is 5.16 Å². The van der Waals surface area contributed by atoms with E-state index in [1.807, 2.05) is 0 Å². The van der Waals surface area contributed by atoms with Gasteiger partial charge in [0.05, 0.1) is 0 Å². The minimum absolute atomic E-state index is 0. The summed E-state index contributed by atoms with van der Waals surface area (Å²) in [5.74, 6) is 0. The second kappa shape index (κ2) is 11.5. The van der Waals surface area contributed by atoms with Gasteiger partial charge in [0.15, 0.2) is 0 Å². The molecule has 1 radical (unpaired) electrons. The van der Waals surface area contributed by atoms with Gasteiger partial charge in [0.1, 0.15) is 0 Å². The third-order valence-corrected chi connectivity index (χ3v) is 5.66. The van der Waals surface area contributed by atoms with Gasteiger partial charge >= 0.3 is 26.2 Å². The maximum atomic E-state index is 2.43. The van der Waals surface area contributed by atoms with Crippen molar-refractivity contribution in [2.24, 2.45) is 0 Å². The molecule has 1 fully saturated rings. The molecule has 0 nitrogen and oxygen atoms in total. The first-order valence-electron chi connectivity index (χ1n) is 6.33. The summed E-state index contributed by atoms with van der Waals surface area (Å²) in [6, 6.07) is 0. The molecule has 0 N–H and O–H groups in total. The quantitative estimate of drug-likeness (QED) is 0.428. The van der Waals surface area contributed by atoms with Crippen molar-refractivity contribution in [3.63, 3.8) is 0 Å². The molecule has 0 aliphatic heterocycles. The van der Waals surface area contributed by atoms with Crippen LogP contribution in [0, 0.1) is 22.3 Å². The molecule has 1 unspecified atom stereocenters. The SMILES string of the molecule is CC(C)(PC1CCCCC1)C1=CCC=C1.[CH3-].[CH3-].[CH3-].[Zr+3]. The normalized spacial score (nSPS) is 18.9. The van der Waals surface area contributed by atoms with E-state index in [1.54, 1.807) is 5.57 Å². The van der Waals surface area contributed by atoms with Crippen molar-refractivity contribution in [3.05, 3.63) is 46.1 Å². The zero-order chi connectivity index (χ0) is 10.7. The molecule has 0 aromatic carbocycles. The Balaban J connectivity index is -0.000000640. The fraction of sp³-hybridized carbons (Fsp3) is 0.588. The number of rotatable bonds is 3. The summed E-state index contributed by atoms with van der Waals surface area (Å²) < 4.78 is 0. The summed E-state index contributed by atoms with van der Waals surface area (Å²) in [5.41, 5.74) is 2.61.